The first-order chi connectivity index (χ1) is 7.44. The van der Waals surface area contributed by atoms with Gasteiger partial charge in [0, 0.05) is 6.04 Å². The van der Waals surface area contributed by atoms with E-state index in [9.17, 15) is 13.9 Å². The van der Waals surface area contributed by atoms with E-state index in [1.807, 2.05) is 0 Å². The number of hydrogen-bond acceptors (Lipinski definition) is 2. The van der Waals surface area contributed by atoms with Crippen LogP contribution in [-0.4, -0.2) is 11.1 Å². The maximum Gasteiger partial charge on any atom is 0.146 e. The van der Waals surface area contributed by atoms with Crippen LogP contribution >= 0.6 is 15.9 Å². The highest BCUT2D eigenvalue weighted by atomic mass is 79.9. The van der Waals surface area contributed by atoms with Crippen molar-refractivity contribution >= 4 is 15.9 Å². The van der Waals surface area contributed by atoms with Gasteiger partial charge in [-0.05, 0) is 47.3 Å². The summed E-state index contributed by atoms with van der Waals surface area (Å²) >= 11 is 2.98. The maximum absolute atomic E-state index is 13.8. The van der Waals surface area contributed by atoms with Gasteiger partial charge in [0.05, 0.1) is 15.6 Å². The van der Waals surface area contributed by atoms with Gasteiger partial charge < -0.3 is 10.8 Å². The highest BCUT2D eigenvalue weighted by Crippen LogP contribution is 2.41. The standard InChI is InChI=1S/C11H12BrF2NO/c12-7-1-2-8(13)9(10(7)14)11(16)4-3-6(15)5-11/h1-2,6,16H,3-5,15H2. The molecule has 2 unspecified atom stereocenters. The molecule has 16 heavy (non-hydrogen) atoms. The second-order valence-corrected chi connectivity index (χ2v) is 5.11. The van der Waals surface area contributed by atoms with Crippen LogP contribution in [0.5, 0.6) is 0 Å². The van der Waals surface area contributed by atoms with Gasteiger partial charge in [0.25, 0.3) is 0 Å². The first-order valence-corrected chi connectivity index (χ1v) is 5.85. The fourth-order valence-corrected chi connectivity index (χ4v) is 2.57. The van der Waals surface area contributed by atoms with Crippen molar-refractivity contribution in [3.8, 4) is 0 Å². The fraction of sp³-hybridized carbons (Fsp3) is 0.455. The predicted molar refractivity (Wildman–Crippen MR) is 59.8 cm³/mol. The average molecular weight is 292 g/mol. The average Bonchev–Trinajstić information content (AvgIpc) is 2.54. The van der Waals surface area contributed by atoms with E-state index in [0.717, 1.165) is 6.07 Å². The minimum atomic E-state index is -1.47. The monoisotopic (exact) mass is 291 g/mol. The quantitative estimate of drug-likeness (QED) is 0.781. The Bertz CT molecular complexity index is 427. The van der Waals surface area contributed by atoms with Crippen molar-refractivity contribution in [3.05, 3.63) is 33.8 Å². The summed E-state index contributed by atoms with van der Waals surface area (Å²) in [5.41, 5.74) is 3.93. The van der Waals surface area contributed by atoms with Crippen molar-refractivity contribution in [1.82, 2.24) is 0 Å². The minimum Gasteiger partial charge on any atom is -0.385 e. The highest BCUT2D eigenvalue weighted by molar-refractivity contribution is 9.10. The lowest BCUT2D eigenvalue weighted by atomic mass is 9.91. The van der Waals surface area contributed by atoms with Crippen LogP contribution in [0.4, 0.5) is 8.78 Å². The minimum absolute atomic E-state index is 0.151. The molecule has 0 aliphatic heterocycles. The Morgan fingerprint density at radius 1 is 1.44 bits per heavy atom. The molecule has 1 fully saturated rings. The Balaban J connectivity index is 2.51. The topological polar surface area (TPSA) is 46.2 Å². The molecule has 0 spiro atoms. The SMILES string of the molecule is NC1CCC(O)(c2c(F)ccc(Br)c2F)C1. The van der Waals surface area contributed by atoms with Gasteiger partial charge in [-0.1, -0.05) is 0 Å². The van der Waals surface area contributed by atoms with Crippen molar-refractivity contribution in [1.29, 1.82) is 0 Å². The zero-order valence-electron chi connectivity index (χ0n) is 8.51. The predicted octanol–water partition coefficient (Wildman–Crippen LogP) is 2.43. The van der Waals surface area contributed by atoms with Gasteiger partial charge in [0.1, 0.15) is 11.6 Å². The second kappa shape index (κ2) is 4.05. The van der Waals surface area contributed by atoms with Gasteiger partial charge in [0.2, 0.25) is 0 Å². The Morgan fingerprint density at radius 3 is 2.69 bits per heavy atom. The molecule has 2 atom stereocenters. The Morgan fingerprint density at radius 2 is 2.12 bits per heavy atom. The lowest BCUT2D eigenvalue weighted by molar-refractivity contribution is 0.0354. The van der Waals surface area contributed by atoms with E-state index >= 15 is 0 Å². The highest BCUT2D eigenvalue weighted by Gasteiger charge is 2.41. The van der Waals surface area contributed by atoms with E-state index in [0.29, 0.717) is 12.8 Å². The molecular formula is C11H12BrF2NO. The molecule has 0 amide bonds. The molecule has 0 bridgehead atoms. The molecule has 1 aromatic carbocycles. The Hall–Kier alpha value is -0.520. The summed E-state index contributed by atoms with van der Waals surface area (Å²) in [6.45, 7) is 0. The van der Waals surface area contributed by atoms with Crippen molar-refractivity contribution < 1.29 is 13.9 Å². The molecular weight excluding hydrogens is 280 g/mol. The van der Waals surface area contributed by atoms with Gasteiger partial charge in [-0.25, -0.2) is 8.78 Å². The third-order valence-corrected chi connectivity index (χ3v) is 3.65. The number of rotatable bonds is 1. The van der Waals surface area contributed by atoms with Gasteiger partial charge in [0.15, 0.2) is 0 Å². The number of benzene rings is 1. The zero-order valence-corrected chi connectivity index (χ0v) is 10.1. The summed E-state index contributed by atoms with van der Waals surface area (Å²) in [5, 5.41) is 10.2. The lowest BCUT2D eigenvalue weighted by Gasteiger charge is -2.24. The van der Waals surface area contributed by atoms with Crippen molar-refractivity contribution in [2.75, 3.05) is 0 Å². The van der Waals surface area contributed by atoms with Crippen LogP contribution in [-0.2, 0) is 5.60 Å². The number of hydrogen-bond donors (Lipinski definition) is 2. The van der Waals surface area contributed by atoms with E-state index in [1.54, 1.807) is 0 Å². The molecule has 0 heterocycles. The van der Waals surface area contributed by atoms with Crippen LogP contribution in [0.3, 0.4) is 0 Å². The van der Waals surface area contributed by atoms with Crippen LogP contribution in [0.15, 0.2) is 16.6 Å². The molecule has 3 N–H and O–H groups in total. The van der Waals surface area contributed by atoms with Crippen LogP contribution in [0.25, 0.3) is 0 Å². The molecule has 1 aliphatic rings. The summed E-state index contributed by atoms with van der Waals surface area (Å²) in [7, 11) is 0. The summed E-state index contributed by atoms with van der Waals surface area (Å²) in [4.78, 5) is 0. The summed E-state index contributed by atoms with van der Waals surface area (Å²) in [6, 6.07) is 2.22. The van der Waals surface area contributed by atoms with E-state index < -0.39 is 17.2 Å². The van der Waals surface area contributed by atoms with Crippen LogP contribution in [0.1, 0.15) is 24.8 Å². The molecule has 2 nitrogen and oxygen atoms in total. The Kier molecular flexibility index (Phi) is 3.03. The molecule has 0 saturated heterocycles. The normalized spacial score (nSPS) is 29.7. The van der Waals surface area contributed by atoms with E-state index in [1.165, 1.54) is 6.07 Å². The lowest BCUT2D eigenvalue weighted by Crippen LogP contribution is -2.28. The molecule has 5 heteroatoms. The molecule has 88 valence electrons. The largest absolute Gasteiger partial charge is 0.385 e. The van der Waals surface area contributed by atoms with E-state index in [2.05, 4.69) is 15.9 Å². The zero-order chi connectivity index (χ0) is 11.9. The van der Waals surface area contributed by atoms with Crippen molar-refractivity contribution in [2.24, 2.45) is 5.73 Å². The van der Waals surface area contributed by atoms with E-state index in [4.69, 9.17) is 5.73 Å². The van der Waals surface area contributed by atoms with Crippen LogP contribution in [0, 0.1) is 11.6 Å². The number of aliphatic hydroxyl groups is 1. The van der Waals surface area contributed by atoms with Crippen LogP contribution < -0.4 is 5.73 Å². The molecule has 1 saturated carbocycles. The summed E-state index contributed by atoms with van der Waals surface area (Å²) in [5.74, 6) is -1.46. The molecule has 0 aromatic heterocycles. The van der Waals surface area contributed by atoms with Gasteiger partial charge >= 0.3 is 0 Å². The first kappa shape index (κ1) is 12.0. The van der Waals surface area contributed by atoms with E-state index in [-0.39, 0.29) is 22.5 Å². The maximum atomic E-state index is 13.8. The summed E-state index contributed by atoms with van der Waals surface area (Å²) < 4.78 is 27.5. The second-order valence-electron chi connectivity index (χ2n) is 4.25. The summed E-state index contributed by atoms with van der Waals surface area (Å²) in [6.07, 6.45) is 1.05. The third-order valence-electron chi connectivity index (χ3n) is 3.04. The molecule has 0 radical (unpaired) electrons. The van der Waals surface area contributed by atoms with Crippen molar-refractivity contribution in [3.63, 3.8) is 0 Å². The van der Waals surface area contributed by atoms with Gasteiger partial charge in [-0.15, -0.1) is 0 Å². The van der Waals surface area contributed by atoms with Gasteiger partial charge in [-0.3, -0.25) is 0 Å². The third kappa shape index (κ3) is 1.87. The molecule has 1 aromatic rings. The smallest absolute Gasteiger partial charge is 0.146 e. The Labute approximate surface area is 101 Å². The number of nitrogens with two attached hydrogens (primary N) is 1. The van der Waals surface area contributed by atoms with Crippen LogP contribution in [0.2, 0.25) is 0 Å². The van der Waals surface area contributed by atoms with Gasteiger partial charge in [-0.2, -0.15) is 0 Å². The van der Waals surface area contributed by atoms with Crippen molar-refractivity contribution in [2.45, 2.75) is 30.9 Å². The number of halogens is 3. The molecule has 1 aliphatic carbocycles. The molecule has 2 rings (SSSR count). The fourth-order valence-electron chi connectivity index (χ4n) is 2.24. The first-order valence-electron chi connectivity index (χ1n) is 5.06.